The van der Waals surface area contributed by atoms with Crippen LogP contribution in [-0.4, -0.2) is 234 Å². The first-order valence-electron chi connectivity index (χ1n) is 35.7. The predicted molar refractivity (Wildman–Crippen MR) is 426 cm³/mol. The molecule has 4 aliphatic rings. The molecule has 4 saturated heterocycles. The van der Waals surface area contributed by atoms with Crippen molar-refractivity contribution in [3.63, 3.8) is 0 Å². The highest BCUT2D eigenvalue weighted by molar-refractivity contribution is 6.00. The Hall–Kier alpha value is -11.2. The average Bonchev–Trinajstić information content (AvgIpc) is 0.836. The summed E-state index contributed by atoms with van der Waals surface area (Å²) >= 11 is 0. The van der Waals surface area contributed by atoms with E-state index >= 15 is 0 Å². The van der Waals surface area contributed by atoms with E-state index in [1.807, 2.05) is 37.8 Å². The molecule has 4 fully saturated rings. The number of halogens is 6. The van der Waals surface area contributed by atoms with Crippen molar-refractivity contribution >= 4 is 107 Å². The number of pyridine rings is 3. The number of nitrogen functional groups attached to an aromatic ring is 1. The number of nitro groups is 1. The van der Waals surface area contributed by atoms with Crippen molar-refractivity contribution in [3.8, 4) is 11.8 Å². The largest absolute Gasteiger partial charge is 0.481 e. The van der Waals surface area contributed by atoms with Gasteiger partial charge in [0.25, 0.3) is 0 Å². The second kappa shape index (κ2) is 48.5. The molecule has 9 amide bonds. The van der Waals surface area contributed by atoms with Crippen molar-refractivity contribution in [1.29, 1.82) is 0 Å². The van der Waals surface area contributed by atoms with Crippen LogP contribution >= 0.6 is 24.8 Å². The van der Waals surface area contributed by atoms with Gasteiger partial charge in [-0.3, -0.25) is 49.1 Å². The van der Waals surface area contributed by atoms with Crippen LogP contribution in [0.5, 0.6) is 11.8 Å². The number of methoxy groups -OCH3 is 4. The first kappa shape index (κ1) is 94.1. The maximum Gasteiger partial charge on any atom is 0.409 e. The summed E-state index contributed by atoms with van der Waals surface area (Å²) in [5.74, 6) is -1.18. The summed E-state index contributed by atoms with van der Waals surface area (Å²) in [6, 6.07) is 28.1. The molecule has 113 heavy (non-hydrogen) atoms. The van der Waals surface area contributed by atoms with Crippen molar-refractivity contribution in [2.75, 3.05) is 165 Å². The number of piperazine rings is 4. The Morgan fingerprint density at radius 3 is 1.08 bits per heavy atom. The van der Waals surface area contributed by atoms with Gasteiger partial charge in [-0.1, -0.05) is 62.4 Å². The normalized spacial score (nSPS) is 14.0. The lowest BCUT2D eigenvalue weighted by atomic mass is 10.1. The van der Waals surface area contributed by atoms with Gasteiger partial charge in [0.05, 0.1) is 86.1 Å². The van der Waals surface area contributed by atoms with Crippen molar-refractivity contribution in [1.82, 2.24) is 54.2 Å². The fourth-order valence-corrected chi connectivity index (χ4v) is 11.5. The number of nitro benzene ring substituents is 1. The van der Waals surface area contributed by atoms with E-state index in [1.54, 1.807) is 106 Å². The van der Waals surface area contributed by atoms with Gasteiger partial charge >= 0.3 is 29.9 Å². The Bertz CT molecular complexity index is 4050. The number of ether oxygens (including phenoxy) is 4. The Morgan fingerprint density at radius 1 is 0.434 bits per heavy atom. The van der Waals surface area contributed by atoms with E-state index in [-0.39, 0.29) is 89.7 Å². The maximum atomic E-state index is 14.9. The molecule has 614 valence electrons. The molecule has 7 aromatic rings. The lowest BCUT2D eigenvalue weighted by molar-refractivity contribution is -0.387. The minimum absolute atomic E-state index is 0. The van der Waals surface area contributed by atoms with E-state index in [9.17, 15) is 61.2 Å². The Balaban J connectivity index is 0.000000303. The highest BCUT2D eigenvalue weighted by Crippen LogP contribution is 2.26. The van der Waals surface area contributed by atoms with Gasteiger partial charge < -0.3 is 70.9 Å². The summed E-state index contributed by atoms with van der Waals surface area (Å²) in [6.07, 6.45) is 3.85. The van der Waals surface area contributed by atoms with E-state index in [0.717, 1.165) is 17.4 Å². The van der Waals surface area contributed by atoms with Gasteiger partial charge in [-0.2, -0.15) is 4.39 Å². The van der Waals surface area contributed by atoms with Crippen LogP contribution in [0, 0.1) is 40.3 Å². The number of hydrogen-bond acceptors (Lipinski definition) is 21. The third-order valence-electron chi connectivity index (χ3n) is 17.5. The van der Waals surface area contributed by atoms with Gasteiger partial charge in [-0.05, 0) is 49.4 Å². The van der Waals surface area contributed by atoms with Crippen molar-refractivity contribution in [3.05, 3.63) is 189 Å². The number of urea groups is 2. The molecule has 0 radical (unpaired) electrons. The van der Waals surface area contributed by atoms with Crippen LogP contribution in [0.4, 0.5) is 76.6 Å². The van der Waals surface area contributed by atoms with Gasteiger partial charge in [0.2, 0.25) is 35.3 Å². The number of hydrogen-bond donors (Lipinski definition) is 6. The minimum atomic E-state index is -0.794. The number of benzene rings is 4. The summed E-state index contributed by atoms with van der Waals surface area (Å²) < 4.78 is 76.7. The maximum absolute atomic E-state index is 14.9. The fourth-order valence-electron chi connectivity index (χ4n) is 11.5. The van der Waals surface area contributed by atoms with Crippen LogP contribution < -0.4 is 41.8 Å². The molecule has 7 heterocycles. The number of aryl methyl sites for hydroxylation is 1. The van der Waals surface area contributed by atoms with Crippen LogP contribution in [0.2, 0.25) is 0 Å². The highest BCUT2D eigenvalue weighted by atomic mass is 35.5. The molecule has 0 aliphatic carbocycles. The Kier molecular flexibility index (Phi) is 40.4. The zero-order chi connectivity index (χ0) is 81.1. The summed E-state index contributed by atoms with van der Waals surface area (Å²) in [6.45, 7) is 22.0. The number of amides is 9. The molecule has 7 N–H and O–H groups in total. The molecule has 0 bridgehead atoms. The lowest BCUT2D eigenvalue weighted by Gasteiger charge is -2.34. The topological polar surface area (TPSA) is 350 Å². The molecule has 0 unspecified atom stereocenters. The highest BCUT2D eigenvalue weighted by Gasteiger charge is 2.27. The van der Waals surface area contributed by atoms with Crippen LogP contribution in [0.15, 0.2) is 128 Å². The molecule has 11 rings (SSSR count). The van der Waals surface area contributed by atoms with E-state index in [2.05, 4.69) is 65.7 Å². The molecular weight excluding hydrogens is 1520 g/mol. The van der Waals surface area contributed by atoms with E-state index < -0.39 is 40.1 Å². The SMILES string of the molecule is CC.CC(=O)Nc1ccc(C)nc1.COC(=O)N1CCN(Cc2cccc(N)c2F)CC1.COC(=O)N1CCN(Cc2cccc([N+](=O)[O-])c2F)CC1.COc1ccc(NC(=O)Nc2cccc(CN3CCN(C(C)=O)CC3)c2F)cn1.COc1ccc(NC(=O)Nc2cccc(CN3CCN(C(C)=O)CC3)c2F)cn1.Cl.Cl. The number of nitrogens with zero attached hydrogens (tertiary/aromatic N) is 12. The second-order valence-corrected chi connectivity index (χ2v) is 25.1. The van der Waals surface area contributed by atoms with Gasteiger partial charge in [-0.15, -0.1) is 24.8 Å². The predicted octanol–water partition coefficient (Wildman–Crippen LogP) is 11.2. The molecule has 4 aromatic carbocycles. The summed E-state index contributed by atoms with van der Waals surface area (Å²) in [5.41, 5.74) is 9.87. The first-order valence-corrected chi connectivity index (χ1v) is 35.7. The Morgan fingerprint density at radius 2 is 0.761 bits per heavy atom. The molecule has 4 aliphatic heterocycles. The number of carbonyl (C=O) groups excluding carboxylic acids is 7. The van der Waals surface area contributed by atoms with Gasteiger partial charge in [0.15, 0.2) is 17.5 Å². The number of carbonyl (C=O) groups is 7. The summed E-state index contributed by atoms with van der Waals surface area (Å²) in [4.78, 5) is 117. The van der Waals surface area contributed by atoms with Crippen LogP contribution in [0.1, 0.15) is 62.6 Å². The van der Waals surface area contributed by atoms with Crippen molar-refractivity contribution in [2.24, 2.45) is 0 Å². The minimum Gasteiger partial charge on any atom is -0.481 e. The third-order valence-corrected chi connectivity index (χ3v) is 17.5. The molecule has 3 aromatic heterocycles. The van der Waals surface area contributed by atoms with Crippen LogP contribution in [0.25, 0.3) is 0 Å². The number of anilines is 6. The fraction of sp³-hybridized carbons (Fsp3) is 0.395. The molecule has 31 nitrogen and oxygen atoms in total. The molecular formula is C76H100Cl2F4N18O13. The Labute approximate surface area is 666 Å². The number of rotatable bonds is 16. The second-order valence-electron chi connectivity index (χ2n) is 25.1. The van der Waals surface area contributed by atoms with E-state index in [1.165, 1.54) is 72.0 Å². The standard InChI is InChI=1S/2C20H24FN5O3.C13H16FN3O4.C13H18FN3O2.C8H10N2O.C2H6.2ClH/c2*1-14(27)26-10-8-25(9-11-26)13-15-4-3-5-17(19(15)21)24-20(28)23-16-6-7-18(29-2)22-12-16;1-21-13(18)16-7-5-15(6-8-16)9-10-3-2-4-11(12(10)14)17(19)20;1-19-13(18)17-7-5-16(6-8-17)9-10-3-2-4-11(15)12(10)14;1-6-3-4-8(5-9-6)10-7(2)11;1-2;;/h2*3-7,12H,8-11,13H2,1-2H3,(H2,23,24,28);2-4H,5-9H2,1H3;2-4H,5-9,15H2,1H3;3-5H,1-2H3,(H,10,11);1-2H3;2*1H. The van der Waals surface area contributed by atoms with E-state index in [4.69, 9.17) is 15.2 Å². The lowest BCUT2D eigenvalue weighted by Crippen LogP contribution is -2.48. The monoisotopic (exact) mass is 1620 g/mol. The zero-order valence-electron chi connectivity index (χ0n) is 64.8. The zero-order valence-corrected chi connectivity index (χ0v) is 66.5. The van der Waals surface area contributed by atoms with Gasteiger partial charge in [0, 0.05) is 198 Å². The van der Waals surface area contributed by atoms with Crippen LogP contribution in [-0.2, 0) is 50.0 Å². The third kappa shape index (κ3) is 30.8. The quantitative estimate of drug-likeness (QED) is 0.0226. The van der Waals surface area contributed by atoms with Gasteiger partial charge in [-0.25, -0.2) is 42.3 Å². The molecule has 0 saturated carbocycles. The molecule has 37 heteroatoms. The van der Waals surface area contributed by atoms with Gasteiger partial charge in [0.1, 0.15) is 0 Å². The summed E-state index contributed by atoms with van der Waals surface area (Å²) in [5, 5.41) is 23.6. The average molecular weight is 1620 g/mol. The first-order chi connectivity index (χ1) is 53.2. The number of nitrogens with one attached hydrogen (secondary N) is 5. The number of aromatic nitrogens is 3. The smallest absolute Gasteiger partial charge is 0.409 e. The summed E-state index contributed by atoms with van der Waals surface area (Å²) in [7, 11) is 5.70. The van der Waals surface area contributed by atoms with E-state index in [0.29, 0.717) is 164 Å². The van der Waals surface area contributed by atoms with Crippen LogP contribution in [0.3, 0.4) is 0 Å². The number of nitrogens with two attached hydrogens (primary N) is 1. The molecule has 0 spiro atoms. The van der Waals surface area contributed by atoms with Crippen molar-refractivity contribution < 1.29 is 75.0 Å². The molecule has 0 atom stereocenters. The van der Waals surface area contributed by atoms with Crippen molar-refractivity contribution in [2.45, 2.75) is 67.7 Å².